The summed E-state index contributed by atoms with van der Waals surface area (Å²) < 4.78 is 37.6. The molecule has 0 rings (SSSR count). The van der Waals surface area contributed by atoms with Crippen LogP contribution in [0.3, 0.4) is 0 Å². The first-order valence-electron chi connectivity index (χ1n) is 4.70. The maximum absolute atomic E-state index is 12.5. The van der Waals surface area contributed by atoms with Crippen LogP contribution in [0.5, 0.6) is 0 Å². The molecular weight excluding hydrogens is 209 g/mol. The Morgan fingerprint density at radius 3 is 1.67 bits per heavy atom. The Kier molecular flexibility index (Phi) is 3.82. The molecule has 0 spiro atoms. The molecule has 90 valence electrons. The highest BCUT2D eigenvalue weighted by Crippen LogP contribution is 2.43. The fourth-order valence-corrected chi connectivity index (χ4v) is 0.995. The lowest BCUT2D eigenvalue weighted by Gasteiger charge is -2.30. The molecule has 0 aromatic carbocycles. The number of hydrogen-bond acceptors (Lipinski definition) is 1. The summed E-state index contributed by atoms with van der Waals surface area (Å²) in [4.78, 5) is 10.7. The van der Waals surface area contributed by atoms with Gasteiger partial charge in [0.25, 0.3) is 0 Å². The van der Waals surface area contributed by atoms with E-state index in [0.717, 1.165) is 6.92 Å². The first kappa shape index (κ1) is 14.3. The van der Waals surface area contributed by atoms with Crippen LogP contribution in [0.4, 0.5) is 13.2 Å². The van der Waals surface area contributed by atoms with E-state index in [1.165, 1.54) is 0 Å². The van der Waals surface area contributed by atoms with E-state index in [4.69, 9.17) is 5.11 Å². The molecule has 5 heteroatoms. The SMILES string of the molecule is CC(C)(C)CCC(C)(C(=O)O)C(F)(F)F. The van der Waals surface area contributed by atoms with Crippen molar-refractivity contribution < 1.29 is 23.1 Å². The van der Waals surface area contributed by atoms with Crippen LogP contribution >= 0.6 is 0 Å². The van der Waals surface area contributed by atoms with Crippen LogP contribution in [0, 0.1) is 10.8 Å². The second kappa shape index (κ2) is 4.02. The van der Waals surface area contributed by atoms with Crippen molar-refractivity contribution in [3.05, 3.63) is 0 Å². The van der Waals surface area contributed by atoms with E-state index >= 15 is 0 Å². The normalized spacial score (nSPS) is 17.3. The average Bonchev–Trinajstić information content (AvgIpc) is 1.95. The van der Waals surface area contributed by atoms with Crippen LogP contribution in [0.1, 0.15) is 40.5 Å². The lowest BCUT2D eigenvalue weighted by molar-refractivity contribution is -0.229. The van der Waals surface area contributed by atoms with Crippen molar-refractivity contribution in [2.45, 2.75) is 46.7 Å². The zero-order valence-corrected chi connectivity index (χ0v) is 9.40. The van der Waals surface area contributed by atoms with Gasteiger partial charge in [-0.25, -0.2) is 0 Å². The van der Waals surface area contributed by atoms with Crippen molar-refractivity contribution >= 4 is 5.97 Å². The van der Waals surface area contributed by atoms with Crippen molar-refractivity contribution in [2.75, 3.05) is 0 Å². The third-order valence-corrected chi connectivity index (χ3v) is 2.47. The Morgan fingerprint density at radius 2 is 1.47 bits per heavy atom. The van der Waals surface area contributed by atoms with Gasteiger partial charge in [0, 0.05) is 0 Å². The Bertz CT molecular complexity index is 240. The molecule has 0 amide bonds. The standard InChI is InChI=1S/C10H17F3O2/c1-8(2,3)5-6-9(4,7(14)15)10(11,12)13/h5-6H2,1-4H3,(H,14,15). The highest BCUT2D eigenvalue weighted by atomic mass is 19.4. The lowest BCUT2D eigenvalue weighted by Crippen LogP contribution is -2.43. The van der Waals surface area contributed by atoms with Crippen LogP contribution < -0.4 is 0 Å². The minimum Gasteiger partial charge on any atom is -0.481 e. The van der Waals surface area contributed by atoms with Crippen LogP contribution in [0.2, 0.25) is 0 Å². The summed E-state index contributed by atoms with van der Waals surface area (Å²) in [6.45, 7) is 6.09. The molecular formula is C10H17F3O2. The fourth-order valence-electron chi connectivity index (χ4n) is 0.995. The average molecular weight is 226 g/mol. The molecule has 0 aromatic rings. The van der Waals surface area contributed by atoms with Crippen molar-refractivity contribution in [1.82, 2.24) is 0 Å². The molecule has 0 bridgehead atoms. The number of carboxylic acids is 1. The van der Waals surface area contributed by atoms with E-state index < -0.39 is 24.0 Å². The van der Waals surface area contributed by atoms with E-state index in [1.807, 2.05) is 0 Å². The van der Waals surface area contributed by atoms with Crippen molar-refractivity contribution in [1.29, 1.82) is 0 Å². The van der Waals surface area contributed by atoms with E-state index in [1.54, 1.807) is 20.8 Å². The first-order valence-corrected chi connectivity index (χ1v) is 4.70. The number of halogens is 3. The molecule has 0 saturated heterocycles. The molecule has 2 nitrogen and oxygen atoms in total. The number of carboxylic acid groups (broad SMARTS) is 1. The minimum atomic E-state index is -4.70. The summed E-state index contributed by atoms with van der Waals surface area (Å²) in [5.41, 5.74) is -2.94. The molecule has 0 heterocycles. The van der Waals surface area contributed by atoms with Crippen LogP contribution in [-0.2, 0) is 4.79 Å². The minimum absolute atomic E-state index is 0.218. The van der Waals surface area contributed by atoms with Gasteiger partial charge in [-0.1, -0.05) is 20.8 Å². The molecule has 0 aliphatic heterocycles. The van der Waals surface area contributed by atoms with Gasteiger partial charge >= 0.3 is 12.1 Å². The molecule has 0 radical (unpaired) electrons. The molecule has 0 saturated carbocycles. The van der Waals surface area contributed by atoms with Gasteiger partial charge in [-0.15, -0.1) is 0 Å². The zero-order valence-electron chi connectivity index (χ0n) is 9.40. The Labute approximate surface area is 87.5 Å². The van der Waals surface area contributed by atoms with Gasteiger partial charge in [0.15, 0.2) is 5.41 Å². The summed E-state index contributed by atoms with van der Waals surface area (Å²) in [5, 5.41) is 8.64. The first-order chi connectivity index (χ1) is 6.40. The van der Waals surface area contributed by atoms with E-state index in [2.05, 4.69) is 0 Å². The monoisotopic (exact) mass is 226 g/mol. The molecule has 0 aromatic heterocycles. The van der Waals surface area contributed by atoms with Gasteiger partial charge in [-0.05, 0) is 25.2 Å². The highest BCUT2D eigenvalue weighted by molar-refractivity contribution is 5.75. The second-order valence-electron chi connectivity index (χ2n) is 5.20. The summed E-state index contributed by atoms with van der Waals surface area (Å²) in [5.74, 6) is -1.81. The van der Waals surface area contributed by atoms with Gasteiger partial charge in [-0.3, -0.25) is 4.79 Å². The van der Waals surface area contributed by atoms with Crippen LogP contribution in [0.15, 0.2) is 0 Å². The highest BCUT2D eigenvalue weighted by Gasteiger charge is 2.56. The second-order valence-corrected chi connectivity index (χ2v) is 5.20. The summed E-state index contributed by atoms with van der Waals surface area (Å²) in [6.07, 6.45) is -4.88. The van der Waals surface area contributed by atoms with Crippen LogP contribution in [-0.4, -0.2) is 17.3 Å². The quantitative estimate of drug-likeness (QED) is 0.800. The van der Waals surface area contributed by atoms with Crippen molar-refractivity contribution in [3.8, 4) is 0 Å². The van der Waals surface area contributed by atoms with Crippen molar-refractivity contribution in [3.63, 3.8) is 0 Å². The molecule has 0 aliphatic carbocycles. The van der Waals surface area contributed by atoms with Crippen LogP contribution in [0.25, 0.3) is 0 Å². The van der Waals surface area contributed by atoms with Gasteiger partial charge in [0.05, 0.1) is 0 Å². The Hall–Kier alpha value is -0.740. The predicted octanol–water partition coefficient (Wildman–Crippen LogP) is 3.47. The number of hydrogen-bond donors (Lipinski definition) is 1. The Morgan fingerprint density at radius 1 is 1.07 bits per heavy atom. The van der Waals surface area contributed by atoms with Gasteiger partial charge in [-0.2, -0.15) is 13.2 Å². The van der Waals surface area contributed by atoms with Gasteiger partial charge in [0.2, 0.25) is 0 Å². The molecule has 15 heavy (non-hydrogen) atoms. The van der Waals surface area contributed by atoms with E-state index in [0.29, 0.717) is 0 Å². The summed E-state index contributed by atoms with van der Waals surface area (Å²) in [6, 6.07) is 0. The molecule has 0 fully saturated rings. The van der Waals surface area contributed by atoms with Crippen molar-refractivity contribution in [2.24, 2.45) is 10.8 Å². The fraction of sp³-hybridized carbons (Fsp3) is 0.900. The van der Waals surface area contributed by atoms with Gasteiger partial charge < -0.3 is 5.11 Å². The lowest BCUT2D eigenvalue weighted by atomic mass is 9.78. The van der Waals surface area contributed by atoms with E-state index in [9.17, 15) is 18.0 Å². The molecule has 1 N–H and O–H groups in total. The topological polar surface area (TPSA) is 37.3 Å². The molecule has 1 unspecified atom stereocenters. The zero-order chi connectivity index (χ0) is 12.5. The molecule has 0 aliphatic rings. The van der Waals surface area contributed by atoms with E-state index in [-0.39, 0.29) is 11.8 Å². The summed E-state index contributed by atoms with van der Waals surface area (Å²) in [7, 11) is 0. The number of rotatable bonds is 3. The number of carbonyl (C=O) groups is 1. The number of aliphatic carboxylic acids is 1. The Balaban J connectivity index is 4.78. The van der Waals surface area contributed by atoms with Gasteiger partial charge in [0.1, 0.15) is 0 Å². The third-order valence-electron chi connectivity index (χ3n) is 2.47. The predicted molar refractivity (Wildman–Crippen MR) is 50.5 cm³/mol. The maximum Gasteiger partial charge on any atom is 0.404 e. The largest absolute Gasteiger partial charge is 0.481 e. The smallest absolute Gasteiger partial charge is 0.404 e. The maximum atomic E-state index is 12.5. The number of alkyl halides is 3. The molecule has 1 atom stereocenters. The summed E-state index contributed by atoms with van der Waals surface area (Å²) >= 11 is 0. The third kappa shape index (κ3) is 3.72.